The molecule has 0 bridgehead atoms. The molecule has 8 heteroatoms. The van der Waals surface area contributed by atoms with Crippen molar-refractivity contribution in [2.45, 2.75) is 11.8 Å². The lowest BCUT2D eigenvalue weighted by Crippen LogP contribution is -2.45. The predicted octanol–water partition coefficient (Wildman–Crippen LogP) is 1.64. The molecule has 2 fully saturated rings. The molecule has 3 aliphatic heterocycles. The molecule has 1 atom stereocenters. The average Bonchev–Trinajstić information content (AvgIpc) is 3.29. The van der Waals surface area contributed by atoms with Crippen molar-refractivity contribution in [2.75, 3.05) is 66.0 Å². The molecule has 1 aromatic rings. The Morgan fingerprint density at radius 2 is 2.00 bits per heavy atom. The van der Waals surface area contributed by atoms with Crippen LogP contribution >= 0.6 is 11.8 Å². The fraction of sp³-hybridized carbons (Fsp3) is 0.632. The van der Waals surface area contributed by atoms with Crippen LogP contribution in [0, 0.1) is 0 Å². The number of likely N-dealkylation sites (N-methyl/N-ethyl adjacent to an activating group) is 1. The molecular formula is C19H27N3O4S. The maximum Gasteiger partial charge on any atom is 0.233 e. The Balaban J connectivity index is 1.41. The second kappa shape index (κ2) is 8.16. The van der Waals surface area contributed by atoms with Gasteiger partial charge in [-0.25, -0.2) is 0 Å². The molecule has 1 unspecified atom stereocenters. The van der Waals surface area contributed by atoms with Gasteiger partial charge >= 0.3 is 0 Å². The predicted molar refractivity (Wildman–Crippen MR) is 105 cm³/mol. The van der Waals surface area contributed by atoms with Crippen molar-refractivity contribution in [3.05, 3.63) is 17.7 Å². The Kier molecular flexibility index (Phi) is 5.66. The number of benzene rings is 1. The summed E-state index contributed by atoms with van der Waals surface area (Å²) < 4.78 is 16.5. The summed E-state index contributed by atoms with van der Waals surface area (Å²) in [5.74, 6) is 2.74. The van der Waals surface area contributed by atoms with E-state index in [1.807, 2.05) is 17.0 Å². The van der Waals surface area contributed by atoms with Crippen molar-refractivity contribution in [3.63, 3.8) is 0 Å². The van der Waals surface area contributed by atoms with E-state index in [1.54, 1.807) is 18.9 Å². The summed E-state index contributed by atoms with van der Waals surface area (Å²) in [6.07, 6.45) is 0.994. The summed E-state index contributed by atoms with van der Waals surface area (Å²) in [6, 6.07) is 3.95. The maximum atomic E-state index is 12.5. The standard InChI is InChI=1S/C19H27N3O4S/c1-20-6-8-21(9-7-20)4-3-5-22-17(23)12-27-19(22)14-10-15(24-2)18-16(11-14)25-13-26-18/h10-11,19H,3-9,12-13H2,1-2H3. The van der Waals surface area contributed by atoms with Gasteiger partial charge in [-0.1, -0.05) is 0 Å². The van der Waals surface area contributed by atoms with Crippen molar-refractivity contribution < 1.29 is 19.0 Å². The fourth-order valence-corrected chi connectivity index (χ4v) is 5.00. The molecule has 7 nitrogen and oxygen atoms in total. The molecule has 3 heterocycles. The third-order valence-corrected chi connectivity index (χ3v) is 6.66. The first-order valence-corrected chi connectivity index (χ1v) is 10.5. The van der Waals surface area contributed by atoms with E-state index in [-0.39, 0.29) is 18.1 Å². The molecule has 0 spiro atoms. The van der Waals surface area contributed by atoms with E-state index >= 15 is 0 Å². The minimum Gasteiger partial charge on any atom is -0.493 e. The highest BCUT2D eigenvalue weighted by Gasteiger charge is 2.34. The number of fused-ring (bicyclic) bond motifs is 1. The number of methoxy groups -OCH3 is 1. The smallest absolute Gasteiger partial charge is 0.233 e. The highest BCUT2D eigenvalue weighted by Crippen LogP contribution is 2.47. The van der Waals surface area contributed by atoms with E-state index in [0.29, 0.717) is 23.0 Å². The molecule has 0 radical (unpaired) electrons. The van der Waals surface area contributed by atoms with Gasteiger partial charge in [-0.05, 0) is 37.7 Å². The minimum atomic E-state index is 0.00777. The summed E-state index contributed by atoms with van der Waals surface area (Å²) in [5.41, 5.74) is 1.03. The van der Waals surface area contributed by atoms with Crippen molar-refractivity contribution in [1.29, 1.82) is 0 Å². The van der Waals surface area contributed by atoms with Crippen LogP contribution in [-0.2, 0) is 4.79 Å². The summed E-state index contributed by atoms with van der Waals surface area (Å²) in [5, 5.41) is 0.00777. The van der Waals surface area contributed by atoms with Gasteiger partial charge in [0.2, 0.25) is 18.4 Å². The zero-order valence-corrected chi connectivity index (χ0v) is 16.8. The monoisotopic (exact) mass is 393 g/mol. The Morgan fingerprint density at radius 1 is 1.19 bits per heavy atom. The van der Waals surface area contributed by atoms with Crippen LogP contribution in [0.5, 0.6) is 17.2 Å². The number of thioether (sulfide) groups is 1. The number of amides is 1. The van der Waals surface area contributed by atoms with E-state index in [0.717, 1.165) is 51.3 Å². The number of nitrogens with zero attached hydrogens (tertiary/aromatic N) is 3. The SMILES string of the molecule is COc1cc(C2SCC(=O)N2CCCN2CCN(C)CC2)cc2c1OCO2. The summed E-state index contributed by atoms with van der Waals surface area (Å²) in [7, 11) is 3.80. The van der Waals surface area contributed by atoms with Gasteiger partial charge in [-0.15, -0.1) is 11.8 Å². The van der Waals surface area contributed by atoms with Crippen LogP contribution in [0.25, 0.3) is 0 Å². The number of rotatable bonds is 6. The quantitative estimate of drug-likeness (QED) is 0.728. The van der Waals surface area contributed by atoms with Gasteiger partial charge < -0.3 is 28.9 Å². The Morgan fingerprint density at radius 3 is 2.78 bits per heavy atom. The zero-order valence-electron chi connectivity index (χ0n) is 16.0. The molecule has 3 aliphatic rings. The zero-order chi connectivity index (χ0) is 18.8. The minimum absolute atomic E-state index is 0.00777. The van der Waals surface area contributed by atoms with E-state index in [9.17, 15) is 4.79 Å². The van der Waals surface area contributed by atoms with Crippen molar-refractivity contribution in [1.82, 2.24) is 14.7 Å². The van der Waals surface area contributed by atoms with Crippen LogP contribution in [0.4, 0.5) is 0 Å². The molecule has 1 amide bonds. The summed E-state index contributed by atoms with van der Waals surface area (Å²) >= 11 is 1.67. The normalized spacial score (nSPS) is 23.3. The number of hydrogen-bond donors (Lipinski definition) is 0. The average molecular weight is 394 g/mol. The van der Waals surface area contributed by atoms with Gasteiger partial charge in [0.05, 0.1) is 12.9 Å². The van der Waals surface area contributed by atoms with Gasteiger partial charge in [0.1, 0.15) is 5.37 Å². The van der Waals surface area contributed by atoms with Crippen LogP contribution in [0.15, 0.2) is 12.1 Å². The molecule has 0 aromatic heterocycles. The first-order chi connectivity index (χ1) is 13.2. The fourth-order valence-electron chi connectivity index (χ4n) is 3.80. The van der Waals surface area contributed by atoms with E-state index in [2.05, 4.69) is 16.8 Å². The largest absolute Gasteiger partial charge is 0.493 e. The number of hydrogen-bond acceptors (Lipinski definition) is 7. The highest BCUT2D eigenvalue weighted by atomic mass is 32.2. The number of ether oxygens (including phenoxy) is 3. The van der Waals surface area contributed by atoms with Gasteiger partial charge in [-0.3, -0.25) is 4.79 Å². The Labute approximate surface area is 164 Å². The van der Waals surface area contributed by atoms with Gasteiger partial charge in [0, 0.05) is 32.7 Å². The molecule has 2 saturated heterocycles. The number of carbonyl (C=O) groups is 1. The lowest BCUT2D eigenvalue weighted by Gasteiger charge is -2.33. The summed E-state index contributed by atoms with van der Waals surface area (Å²) in [6.45, 7) is 6.50. The van der Waals surface area contributed by atoms with Gasteiger partial charge in [-0.2, -0.15) is 0 Å². The first kappa shape index (κ1) is 18.7. The molecule has 1 aromatic carbocycles. The van der Waals surface area contributed by atoms with Gasteiger partial charge in [0.25, 0.3) is 0 Å². The second-order valence-corrected chi connectivity index (χ2v) is 8.27. The van der Waals surface area contributed by atoms with Crippen LogP contribution < -0.4 is 14.2 Å². The second-order valence-electron chi connectivity index (χ2n) is 7.21. The van der Waals surface area contributed by atoms with E-state index < -0.39 is 0 Å². The van der Waals surface area contributed by atoms with Crippen LogP contribution in [0.2, 0.25) is 0 Å². The first-order valence-electron chi connectivity index (χ1n) is 9.45. The molecule has 0 N–H and O–H groups in total. The van der Waals surface area contributed by atoms with E-state index in [4.69, 9.17) is 14.2 Å². The topological polar surface area (TPSA) is 54.5 Å². The lowest BCUT2D eigenvalue weighted by atomic mass is 10.1. The Hall–Kier alpha value is -1.64. The van der Waals surface area contributed by atoms with Crippen LogP contribution in [0.1, 0.15) is 17.4 Å². The molecule has 148 valence electrons. The Bertz CT molecular complexity index is 694. The number of piperazine rings is 1. The number of carbonyl (C=O) groups excluding carboxylic acids is 1. The van der Waals surface area contributed by atoms with Crippen LogP contribution in [-0.4, -0.2) is 86.6 Å². The third-order valence-electron chi connectivity index (χ3n) is 5.40. The lowest BCUT2D eigenvalue weighted by molar-refractivity contribution is -0.128. The molecule has 4 rings (SSSR count). The highest BCUT2D eigenvalue weighted by molar-refractivity contribution is 8.00. The summed E-state index contributed by atoms with van der Waals surface area (Å²) in [4.78, 5) is 19.3. The molecule has 0 saturated carbocycles. The van der Waals surface area contributed by atoms with E-state index in [1.165, 1.54) is 0 Å². The molecule has 27 heavy (non-hydrogen) atoms. The van der Waals surface area contributed by atoms with Gasteiger partial charge in [0.15, 0.2) is 11.5 Å². The van der Waals surface area contributed by atoms with Crippen molar-refractivity contribution >= 4 is 17.7 Å². The molecule has 0 aliphatic carbocycles. The third kappa shape index (κ3) is 3.97. The van der Waals surface area contributed by atoms with Crippen LogP contribution in [0.3, 0.4) is 0 Å². The van der Waals surface area contributed by atoms with Crippen molar-refractivity contribution in [3.8, 4) is 17.2 Å². The maximum absolute atomic E-state index is 12.5. The molecular weight excluding hydrogens is 366 g/mol. The van der Waals surface area contributed by atoms with Crippen molar-refractivity contribution in [2.24, 2.45) is 0 Å².